The Labute approximate surface area is 114 Å². The minimum absolute atomic E-state index is 0.147. The zero-order valence-corrected chi connectivity index (χ0v) is 11.0. The van der Waals surface area contributed by atoms with Crippen LogP contribution in [0.15, 0.2) is 12.1 Å². The highest BCUT2D eigenvalue weighted by Gasteiger charge is 2.23. The second-order valence-electron chi connectivity index (χ2n) is 5.02. The molecular formula is C13H15F2NO4. The predicted octanol–water partition coefficient (Wildman–Crippen LogP) is 2.04. The SMILES string of the molecule is CC(C)(CCC(=O)O)NC(=O)c1cc(F)c(O)c(F)c1. The zero-order valence-electron chi connectivity index (χ0n) is 11.0. The van der Waals surface area contributed by atoms with Crippen LogP contribution in [0.4, 0.5) is 8.78 Å². The van der Waals surface area contributed by atoms with Crippen LogP contribution < -0.4 is 5.32 Å². The van der Waals surface area contributed by atoms with Gasteiger partial charge in [-0.15, -0.1) is 0 Å². The summed E-state index contributed by atoms with van der Waals surface area (Å²) in [6.07, 6.45) is 0.0166. The number of carbonyl (C=O) groups is 2. The molecule has 0 aliphatic rings. The van der Waals surface area contributed by atoms with Gasteiger partial charge in [-0.3, -0.25) is 9.59 Å². The topological polar surface area (TPSA) is 86.6 Å². The fourth-order valence-corrected chi connectivity index (χ4v) is 1.56. The number of hydrogen-bond acceptors (Lipinski definition) is 3. The Morgan fingerprint density at radius 2 is 1.75 bits per heavy atom. The monoisotopic (exact) mass is 287 g/mol. The van der Waals surface area contributed by atoms with Gasteiger partial charge in [-0.1, -0.05) is 0 Å². The molecule has 1 amide bonds. The van der Waals surface area contributed by atoms with Gasteiger partial charge in [0.2, 0.25) is 0 Å². The van der Waals surface area contributed by atoms with E-state index >= 15 is 0 Å². The number of carboxylic acids is 1. The van der Waals surface area contributed by atoms with Crippen LogP contribution in [0.3, 0.4) is 0 Å². The Bertz CT molecular complexity index is 520. The van der Waals surface area contributed by atoms with Gasteiger partial charge >= 0.3 is 5.97 Å². The second-order valence-corrected chi connectivity index (χ2v) is 5.02. The summed E-state index contributed by atoms with van der Waals surface area (Å²) in [4.78, 5) is 22.3. The fourth-order valence-electron chi connectivity index (χ4n) is 1.56. The molecule has 20 heavy (non-hydrogen) atoms. The Balaban J connectivity index is 2.83. The molecule has 0 radical (unpaired) electrons. The first-order valence-corrected chi connectivity index (χ1v) is 5.85. The number of benzene rings is 1. The van der Waals surface area contributed by atoms with Crippen LogP contribution in [-0.4, -0.2) is 27.6 Å². The molecule has 0 heterocycles. The molecule has 0 fully saturated rings. The highest BCUT2D eigenvalue weighted by atomic mass is 19.1. The highest BCUT2D eigenvalue weighted by molar-refractivity contribution is 5.94. The Hall–Kier alpha value is -2.18. The summed E-state index contributed by atoms with van der Waals surface area (Å²) in [7, 11) is 0. The van der Waals surface area contributed by atoms with E-state index in [1.165, 1.54) is 0 Å². The maximum atomic E-state index is 13.1. The van der Waals surface area contributed by atoms with E-state index in [1.807, 2.05) is 0 Å². The number of phenolic OH excluding ortho intramolecular Hbond substituents is 1. The van der Waals surface area contributed by atoms with Crippen molar-refractivity contribution < 1.29 is 28.6 Å². The van der Waals surface area contributed by atoms with Gasteiger partial charge in [0, 0.05) is 17.5 Å². The third-order valence-corrected chi connectivity index (χ3v) is 2.69. The van der Waals surface area contributed by atoms with Crippen LogP contribution in [0.5, 0.6) is 5.75 Å². The van der Waals surface area contributed by atoms with E-state index < -0.39 is 34.8 Å². The van der Waals surface area contributed by atoms with Crippen LogP contribution in [-0.2, 0) is 4.79 Å². The summed E-state index contributed by atoms with van der Waals surface area (Å²) in [5, 5.41) is 20.0. The van der Waals surface area contributed by atoms with Crippen molar-refractivity contribution in [2.75, 3.05) is 0 Å². The molecule has 0 aliphatic carbocycles. The van der Waals surface area contributed by atoms with Crippen LogP contribution in [0.1, 0.15) is 37.0 Å². The number of aliphatic carboxylic acids is 1. The molecule has 0 saturated heterocycles. The lowest BCUT2D eigenvalue weighted by atomic mass is 9.97. The number of aromatic hydroxyl groups is 1. The van der Waals surface area contributed by atoms with E-state index in [1.54, 1.807) is 13.8 Å². The summed E-state index contributed by atoms with van der Waals surface area (Å²) in [6.45, 7) is 3.20. The van der Waals surface area contributed by atoms with Gasteiger partial charge in [-0.05, 0) is 32.4 Å². The first kappa shape index (κ1) is 15.9. The van der Waals surface area contributed by atoms with Crippen molar-refractivity contribution in [3.05, 3.63) is 29.3 Å². The molecule has 0 aliphatic heterocycles. The molecule has 5 nitrogen and oxygen atoms in total. The van der Waals surface area contributed by atoms with Crippen molar-refractivity contribution in [1.29, 1.82) is 0 Å². The molecule has 0 saturated carbocycles. The van der Waals surface area contributed by atoms with Crippen molar-refractivity contribution in [1.82, 2.24) is 5.32 Å². The largest absolute Gasteiger partial charge is 0.503 e. The van der Waals surface area contributed by atoms with E-state index in [9.17, 15) is 18.4 Å². The quantitative estimate of drug-likeness (QED) is 0.773. The molecule has 0 bridgehead atoms. The highest BCUT2D eigenvalue weighted by Crippen LogP contribution is 2.22. The van der Waals surface area contributed by atoms with Crippen LogP contribution in [0, 0.1) is 11.6 Å². The number of nitrogens with one attached hydrogen (secondary N) is 1. The predicted molar refractivity (Wildman–Crippen MR) is 66.4 cm³/mol. The van der Waals surface area contributed by atoms with Crippen molar-refractivity contribution in [3.63, 3.8) is 0 Å². The van der Waals surface area contributed by atoms with Crippen molar-refractivity contribution in [3.8, 4) is 5.75 Å². The molecule has 0 unspecified atom stereocenters. The van der Waals surface area contributed by atoms with Gasteiger partial charge in [0.1, 0.15) is 0 Å². The number of carboxylic acid groups (broad SMARTS) is 1. The Kier molecular flexibility index (Phi) is 4.65. The lowest BCUT2D eigenvalue weighted by molar-refractivity contribution is -0.137. The molecule has 0 aromatic heterocycles. The van der Waals surface area contributed by atoms with Crippen molar-refractivity contribution in [2.24, 2.45) is 0 Å². The summed E-state index contributed by atoms with van der Waals surface area (Å²) in [5.41, 5.74) is -1.14. The maximum Gasteiger partial charge on any atom is 0.303 e. The summed E-state index contributed by atoms with van der Waals surface area (Å²) in [6, 6.07) is 1.42. The average molecular weight is 287 g/mol. The number of carbonyl (C=O) groups excluding carboxylic acids is 1. The minimum Gasteiger partial charge on any atom is -0.503 e. The lowest BCUT2D eigenvalue weighted by Crippen LogP contribution is -2.43. The summed E-state index contributed by atoms with van der Waals surface area (Å²) >= 11 is 0. The molecule has 1 aromatic rings. The minimum atomic E-state index is -1.24. The van der Waals surface area contributed by atoms with Gasteiger partial charge in [-0.25, -0.2) is 8.78 Å². The van der Waals surface area contributed by atoms with Crippen LogP contribution >= 0.6 is 0 Å². The molecule has 7 heteroatoms. The summed E-state index contributed by atoms with van der Waals surface area (Å²) < 4.78 is 26.3. The third-order valence-electron chi connectivity index (χ3n) is 2.69. The normalized spacial score (nSPS) is 11.2. The van der Waals surface area contributed by atoms with E-state index in [-0.39, 0.29) is 18.4 Å². The van der Waals surface area contributed by atoms with Gasteiger partial charge in [0.15, 0.2) is 17.4 Å². The molecule has 3 N–H and O–H groups in total. The standard InChI is InChI=1S/C13H15F2NO4/c1-13(2,4-3-10(17)18)16-12(20)7-5-8(14)11(19)9(15)6-7/h5-6,19H,3-4H2,1-2H3,(H,16,20)(H,17,18). The fraction of sp³-hybridized carbons (Fsp3) is 0.385. The van der Waals surface area contributed by atoms with Gasteiger partial charge in [0.25, 0.3) is 5.91 Å². The number of halogens is 2. The van der Waals surface area contributed by atoms with Crippen molar-refractivity contribution in [2.45, 2.75) is 32.2 Å². The number of phenols is 1. The Morgan fingerprint density at radius 1 is 1.25 bits per heavy atom. The zero-order chi connectivity index (χ0) is 15.5. The van der Waals surface area contributed by atoms with Crippen molar-refractivity contribution >= 4 is 11.9 Å². The number of rotatable bonds is 5. The molecule has 1 aromatic carbocycles. The molecular weight excluding hydrogens is 272 g/mol. The maximum absolute atomic E-state index is 13.1. The van der Waals surface area contributed by atoms with Crippen LogP contribution in [0.2, 0.25) is 0 Å². The Morgan fingerprint density at radius 3 is 2.20 bits per heavy atom. The van der Waals surface area contributed by atoms with E-state index in [2.05, 4.69) is 5.32 Å². The first-order valence-electron chi connectivity index (χ1n) is 5.85. The van der Waals surface area contributed by atoms with Gasteiger partial charge < -0.3 is 15.5 Å². The number of amides is 1. The lowest BCUT2D eigenvalue weighted by Gasteiger charge is -2.25. The van der Waals surface area contributed by atoms with Crippen LogP contribution in [0.25, 0.3) is 0 Å². The van der Waals surface area contributed by atoms with E-state index in [4.69, 9.17) is 10.2 Å². The smallest absolute Gasteiger partial charge is 0.303 e. The third kappa shape index (κ3) is 4.18. The molecule has 1 rings (SSSR count). The van der Waals surface area contributed by atoms with E-state index in [0.717, 1.165) is 0 Å². The van der Waals surface area contributed by atoms with Gasteiger partial charge in [-0.2, -0.15) is 0 Å². The first-order chi connectivity index (χ1) is 9.12. The summed E-state index contributed by atoms with van der Waals surface area (Å²) in [5.74, 6) is -5.38. The second kappa shape index (κ2) is 5.85. The van der Waals surface area contributed by atoms with E-state index in [0.29, 0.717) is 12.1 Å². The average Bonchev–Trinajstić information content (AvgIpc) is 2.32. The molecule has 0 spiro atoms. The molecule has 110 valence electrons. The number of hydrogen-bond donors (Lipinski definition) is 3. The molecule has 0 atom stereocenters. The van der Waals surface area contributed by atoms with Gasteiger partial charge in [0.05, 0.1) is 0 Å².